The highest BCUT2D eigenvalue weighted by atomic mass is 32.2. The molecule has 130 valence electrons. The molecule has 6 heteroatoms. The Labute approximate surface area is 140 Å². The van der Waals surface area contributed by atoms with E-state index >= 15 is 0 Å². The molecule has 1 aliphatic heterocycles. The van der Waals surface area contributed by atoms with E-state index in [9.17, 15) is 8.42 Å². The smallest absolute Gasteiger partial charge is 0.246 e. The number of aromatic nitrogens is 2. The fourth-order valence-electron chi connectivity index (χ4n) is 4.41. The number of rotatable bonds is 4. The average molecular weight is 340 g/mol. The molecule has 1 saturated carbocycles. The van der Waals surface area contributed by atoms with Crippen LogP contribution in [0.5, 0.6) is 0 Å². The summed E-state index contributed by atoms with van der Waals surface area (Å²) in [4.78, 5) is 0.426. The van der Waals surface area contributed by atoms with Gasteiger partial charge in [0, 0.05) is 19.6 Å². The molecule has 0 aromatic carbocycles. The summed E-state index contributed by atoms with van der Waals surface area (Å²) in [5.74, 6) is 0.709. The van der Waals surface area contributed by atoms with Crippen molar-refractivity contribution in [2.24, 2.45) is 13.0 Å². The zero-order valence-electron chi connectivity index (χ0n) is 14.6. The summed E-state index contributed by atoms with van der Waals surface area (Å²) in [7, 11) is -1.62. The molecule has 0 bridgehead atoms. The molecule has 23 heavy (non-hydrogen) atoms. The van der Waals surface area contributed by atoms with Gasteiger partial charge in [0.2, 0.25) is 10.0 Å². The summed E-state index contributed by atoms with van der Waals surface area (Å²) in [5, 5.41) is 4.30. The SMILES string of the molecule is Cc1nn(C)c(C)c1S(=O)(=O)N1CCCC1CC1CCCCC1. The van der Waals surface area contributed by atoms with Crippen molar-refractivity contribution in [2.75, 3.05) is 6.54 Å². The van der Waals surface area contributed by atoms with Crippen LogP contribution in [0.25, 0.3) is 0 Å². The lowest BCUT2D eigenvalue weighted by atomic mass is 9.84. The highest BCUT2D eigenvalue weighted by Gasteiger charge is 2.39. The van der Waals surface area contributed by atoms with Gasteiger partial charge >= 0.3 is 0 Å². The average Bonchev–Trinajstić information content (AvgIpc) is 3.06. The molecule has 2 heterocycles. The van der Waals surface area contributed by atoms with Gasteiger partial charge in [0.15, 0.2) is 0 Å². The first-order chi connectivity index (χ1) is 10.9. The van der Waals surface area contributed by atoms with E-state index in [1.165, 1.54) is 32.1 Å². The molecule has 0 radical (unpaired) electrons. The first-order valence-corrected chi connectivity index (χ1v) is 10.4. The predicted octanol–water partition coefficient (Wildman–Crippen LogP) is 3.16. The van der Waals surface area contributed by atoms with Crippen LogP contribution in [0.4, 0.5) is 0 Å². The fourth-order valence-corrected chi connectivity index (χ4v) is 6.52. The lowest BCUT2D eigenvalue weighted by Gasteiger charge is -2.29. The molecule has 1 atom stereocenters. The highest BCUT2D eigenvalue weighted by molar-refractivity contribution is 7.89. The maximum atomic E-state index is 13.2. The van der Waals surface area contributed by atoms with Gasteiger partial charge in [-0.25, -0.2) is 8.42 Å². The third-order valence-electron chi connectivity index (χ3n) is 5.66. The molecule has 1 aliphatic carbocycles. The van der Waals surface area contributed by atoms with Crippen LogP contribution in [0.15, 0.2) is 4.90 Å². The Kier molecular flexibility index (Phi) is 4.83. The zero-order chi connectivity index (χ0) is 16.6. The largest absolute Gasteiger partial charge is 0.271 e. The normalized spacial score (nSPS) is 24.4. The maximum Gasteiger partial charge on any atom is 0.246 e. The van der Waals surface area contributed by atoms with Crippen LogP contribution >= 0.6 is 0 Å². The van der Waals surface area contributed by atoms with E-state index in [1.807, 2.05) is 14.0 Å². The second kappa shape index (κ2) is 6.55. The van der Waals surface area contributed by atoms with Gasteiger partial charge in [-0.3, -0.25) is 4.68 Å². The minimum absolute atomic E-state index is 0.183. The molecular formula is C17H29N3O2S. The minimum Gasteiger partial charge on any atom is -0.271 e. The van der Waals surface area contributed by atoms with Crippen molar-refractivity contribution in [1.82, 2.24) is 14.1 Å². The second-order valence-electron chi connectivity index (χ2n) is 7.28. The van der Waals surface area contributed by atoms with E-state index in [0.717, 1.165) is 25.0 Å². The summed E-state index contributed by atoms with van der Waals surface area (Å²) in [6.07, 6.45) is 9.54. The predicted molar refractivity (Wildman–Crippen MR) is 90.8 cm³/mol. The quantitative estimate of drug-likeness (QED) is 0.847. The van der Waals surface area contributed by atoms with E-state index in [1.54, 1.807) is 15.9 Å². The Bertz CT molecular complexity index is 660. The molecule has 1 unspecified atom stereocenters. The molecule has 3 rings (SSSR count). The summed E-state index contributed by atoms with van der Waals surface area (Å²) in [6.45, 7) is 4.30. The van der Waals surface area contributed by atoms with Crippen molar-refractivity contribution < 1.29 is 8.42 Å². The Morgan fingerprint density at radius 3 is 2.39 bits per heavy atom. The molecule has 2 aliphatic rings. The van der Waals surface area contributed by atoms with Gasteiger partial charge in [-0.15, -0.1) is 0 Å². The van der Waals surface area contributed by atoms with Crippen LogP contribution in [0.1, 0.15) is 62.8 Å². The van der Waals surface area contributed by atoms with Crippen LogP contribution in [-0.4, -0.2) is 35.1 Å². The first kappa shape index (κ1) is 17.0. The van der Waals surface area contributed by atoms with Crippen molar-refractivity contribution in [2.45, 2.75) is 76.2 Å². The van der Waals surface area contributed by atoms with Crippen molar-refractivity contribution in [1.29, 1.82) is 0 Å². The Balaban J connectivity index is 1.83. The van der Waals surface area contributed by atoms with Gasteiger partial charge in [-0.05, 0) is 39.0 Å². The topological polar surface area (TPSA) is 55.2 Å². The molecule has 2 fully saturated rings. The summed E-state index contributed by atoms with van der Waals surface area (Å²) < 4.78 is 29.9. The summed E-state index contributed by atoms with van der Waals surface area (Å²) >= 11 is 0. The first-order valence-electron chi connectivity index (χ1n) is 8.93. The van der Waals surface area contributed by atoms with Crippen LogP contribution in [0.2, 0.25) is 0 Å². The third kappa shape index (κ3) is 3.20. The molecule has 1 saturated heterocycles. The van der Waals surface area contributed by atoms with Crippen molar-refractivity contribution >= 4 is 10.0 Å². The molecule has 5 nitrogen and oxygen atoms in total. The van der Waals surface area contributed by atoms with Gasteiger partial charge in [0.1, 0.15) is 4.90 Å². The number of nitrogens with zero attached hydrogens (tertiary/aromatic N) is 3. The van der Waals surface area contributed by atoms with Crippen LogP contribution in [0, 0.1) is 19.8 Å². The van der Waals surface area contributed by atoms with Crippen molar-refractivity contribution in [3.05, 3.63) is 11.4 Å². The van der Waals surface area contributed by atoms with Gasteiger partial charge in [0.25, 0.3) is 0 Å². The van der Waals surface area contributed by atoms with E-state index in [2.05, 4.69) is 5.10 Å². The monoisotopic (exact) mass is 339 g/mol. The molecule has 0 N–H and O–H groups in total. The Morgan fingerprint density at radius 2 is 1.78 bits per heavy atom. The minimum atomic E-state index is -3.43. The fraction of sp³-hybridized carbons (Fsp3) is 0.824. The number of sulfonamides is 1. The Morgan fingerprint density at radius 1 is 1.09 bits per heavy atom. The molecule has 0 spiro atoms. The number of hydrogen-bond acceptors (Lipinski definition) is 3. The molecule has 0 amide bonds. The Hall–Kier alpha value is -0.880. The number of hydrogen-bond donors (Lipinski definition) is 0. The molecule has 1 aromatic heterocycles. The van der Waals surface area contributed by atoms with Gasteiger partial charge in [0.05, 0.1) is 11.4 Å². The summed E-state index contributed by atoms with van der Waals surface area (Å²) in [5.41, 5.74) is 1.36. The van der Waals surface area contributed by atoms with Gasteiger partial charge in [-0.1, -0.05) is 32.1 Å². The lowest BCUT2D eigenvalue weighted by Crippen LogP contribution is -2.37. The second-order valence-corrected chi connectivity index (χ2v) is 9.10. The van der Waals surface area contributed by atoms with E-state index in [0.29, 0.717) is 23.1 Å². The highest BCUT2D eigenvalue weighted by Crippen LogP contribution is 2.35. The van der Waals surface area contributed by atoms with E-state index in [-0.39, 0.29) is 6.04 Å². The number of aryl methyl sites for hydroxylation is 2. The summed E-state index contributed by atoms with van der Waals surface area (Å²) in [6, 6.07) is 0.183. The zero-order valence-corrected chi connectivity index (χ0v) is 15.4. The standard InChI is InChI=1S/C17H29N3O2S/c1-13-17(14(2)19(3)18-13)23(21,22)20-11-7-10-16(20)12-15-8-5-4-6-9-15/h15-16H,4-12H2,1-3H3. The molecular weight excluding hydrogens is 310 g/mol. The van der Waals surface area contributed by atoms with E-state index < -0.39 is 10.0 Å². The molecule has 1 aromatic rings. The van der Waals surface area contributed by atoms with Crippen molar-refractivity contribution in [3.8, 4) is 0 Å². The van der Waals surface area contributed by atoms with Gasteiger partial charge in [-0.2, -0.15) is 9.40 Å². The third-order valence-corrected chi connectivity index (χ3v) is 7.87. The maximum absolute atomic E-state index is 13.2. The van der Waals surface area contributed by atoms with Crippen molar-refractivity contribution in [3.63, 3.8) is 0 Å². The van der Waals surface area contributed by atoms with Crippen LogP contribution < -0.4 is 0 Å². The van der Waals surface area contributed by atoms with Crippen LogP contribution in [-0.2, 0) is 17.1 Å². The van der Waals surface area contributed by atoms with Crippen LogP contribution in [0.3, 0.4) is 0 Å². The van der Waals surface area contributed by atoms with E-state index in [4.69, 9.17) is 0 Å². The lowest BCUT2D eigenvalue weighted by molar-refractivity contribution is 0.267. The van der Waals surface area contributed by atoms with Gasteiger partial charge < -0.3 is 0 Å².